The molecule has 1 heterocycles. The largest absolute Gasteiger partial charge is 0.507 e. The molecule has 3 N–H and O–H groups in total. The van der Waals surface area contributed by atoms with Gasteiger partial charge in [-0.05, 0) is 66.6 Å². The number of nitrogens with zero attached hydrogens (tertiary/aromatic N) is 2. The standard InChI is InChI=1S/C25H26ClN3O6S/c1-14-9-22(30)18(12-19(14)26)20-13-21(15-10-23(33-2)25(35-4)24(11-15)34-3)29(28-20)16-5-7-17(8-6-16)36(27,31)32/h5-12,21,30H,13H2,1-4H3,(H2,27,31,32). The average molecular weight is 532 g/mol. The second-order valence-corrected chi connectivity index (χ2v) is 10.2. The predicted molar refractivity (Wildman–Crippen MR) is 138 cm³/mol. The number of anilines is 1. The highest BCUT2D eigenvalue weighted by molar-refractivity contribution is 7.89. The lowest BCUT2D eigenvalue weighted by Gasteiger charge is -2.25. The predicted octanol–water partition coefficient (Wildman–Crippen LogP) is 4.38. The molecule has 0 saturated carbocycles. The van der Waals surface area contributed by atoms with Gasteiger partial charge >= 0.3 is 0 Å². The zero-order valence-corrected chi connectivity index (χ0v) is 21.7. The summed E-state index contributed by atoms with van der Waals surface area (Å²) in [5.74, 6) is 1.47. The Morgan fingerprint density at radius 3 is 2.17 bits per heavy atom. The van der Waals surface area contributed by atoms with E-state index in [4.69, 9.17) is 36.1 Å². The first-order valence-electron chi connectivity index (χ1n) is 10.9. The fourth-order valence-electron chi connectivity index (χ4n) is 4.15. The molecule has 4 rings (SSSR count). The number of phenols is 1. The molecule has 1 atom stereocenters. The number of aromatic hydroxyl groups is 1. The summed E-state index contributed by atoms with van der Waals surface area (Å²) in [5.41, 5.74) is 3.27. The van der Waals surface area contributed by atoms with Crippen LogP contribution in [0.3, 0.4) is 0 Å². The third-order valence-corrected chi connectivity index (χ3v) is 7.34. The summed E-state index contributed by atoms with van der Waals surface area (Å²) >= 11 is 6.35. The van der Waals surface area contributed by atoms with E-state index in [2.05, 4.69) is 0 Å². The number of halogens is 1. The molecule has 0 saturated heterocycles. The van der Waals surface area contributed by atoms with E-state index >= 15 is 0 Å². The van der Waals surface area contributed by atoms with Crippen LogP contribution in [-0.2, 0) is 10.0 Å². The van der Waals surface area contributed by atoms with Crippen molar-refractivity contribution in [3.05, 3.63) is 70.2 Å². The van der Waals surface area contributed by atoms with Crippen LogP contribution in [0.25, 0.3) is 0 Å². The lowest BCUT2D eigenvalue weighted by atomic mass is 9.96. The Hall–Kier alpha value is -3.47. The van der Waals surface area contributed by atoms with E-state index in [-0.39, 0.29) is 16.7 Å². The van der Waals surface area contributed by atoms with Gasteiger partial charge in [0.25, 0.3) is 0 Å². The topological polar surface area (TPSA) is 124 Å². The van der Waals surface area contributed by atoms with Gasteiger partial charge in [-0.3, -0.25) is 5.01 Å². The van der Waals surface area contributed by atoms with Gasteiger partial charge in [0.1, 0.15) is 5.75 Å². The van der Waals surface area contributed by atoms with Crippen LogP contribution in [0.5, 0.6) is 23.0 Å². The van der Waals surface area contributed by atoms with Crippen molar-refractivity contribution in [3.8, 4) is 23.0 Å². The van der Waals surface area contributed by atoms with Crippen LogP contribution in [0.15, 0.2) is 58.5 Å². The summed E-state index contributed by atoms with van der Waals surface area (Å²) in [4.78, 5) is -0.0121. The van der Waals surface area contributed by atoms with Gasteiger partial charge in [0, 0.05) is 17.0 Å². The molecule has 36 heavy (non-hydrogen) atoms. The van der Waals surface area contributed by atoms with E-state index in [1.54, 1.807) is 36.2 Å². The third-order valence-electron chi connectivity index (χ3n) is 6.00. The van der Waals surface area contributed by atoms with Crippen molar-refractivity contribution >= 4 is 33.0 Å². The fourth-order valence-corrected chi connectivity index (χ4v) is 4.83. The number of primary sulfonamides is 1. The minimum atomic E-state index is -3.85. The molecule has 0 bridgehead atoms. The summed E-state index contributed by atoms with van der Waals surface area (Å²) in [6.07, 6.45) is 0.405. The van der Waals surface area contributed by atoms with Crippen LogP contribution in [0, 0.1) is 6.92 Å². The van der Waals surface area contributed by atoms with Crippen molar-refractivity contribution in [1.82, 2.24) is 0 Å². The molecular formula is C25H26ClN3O6S. The summed E-state index contributed by atoms with van der Waals surface area (Å²) in [5, 5.41) is 23.0. The molecule has 0 spiro atoms. The molecule has 1 unspecified atom stereocenters. The molecule has 0 aromatic heterocycles. The molecule has 0 fully saturated rings. The number of methoxy groups -OCH3 is 3. The average Bonchev–Trinajstić information content (AvgIpc) is 3.30. The molecule has 190 valence electrons. The van der Waals surface area contributed by atoms with Gasteiger partial charge in [0.15, 0.2) is 11.5 Å². The molecule has 9 nitrogen and oxygen atoms in total. The van der Waals surface area contributed by atoms with Gasteiger partial charge in [-0.25, -0.2) is 13.6 Å². The van der Waals surface area contributed by atoms with Crippen LogP contribution in [-0.4, -0.2) is 40.6 Å². The van der Waals surface area contributed by atoms with Gasteiger partial charge in [-0.15, -0.1) is 0 Å². The molecule has 11 heteroatoms. The van der Waals surface area contributed by atoms with Crippen LogP contribution >= 0.6 is 11.6 Å². The summed E-state index contributed by atoms with van der Waals surface area (Å²) < 4.78 is 40.0. The maximum atomic E-state index is 11.7. The number of hydrogen-bond donors (Lipinski definition) is 2. The summed E-state index contributed by atoms with van der Waals surface area (Å²) in [6, 6.07) is 12.7. The lowest BCUT2D eigenvalue weighted by Crippen LogP contribution is -2.19. The van der Waals surface area contributed by atoms with Crippen LogP contribution in [0.2, 0.25) is 5.02 Å². The Kier molecular flexibility index (Phi) is 7.03. The second-order valence-electron chi connectivity index (χ2n) is 8.23. The minimum absolute atomic E-state index is 0.0121. The van der Waals surface area contributed by atoms with Gasteiger partial charge in [0.2, 0.25) is 15.8 Å². The molecule has 0 radical (unpaired) electrons. The normalized spacial score (nSPS) is 15.6. The van der Waals surface area contributed by atoms with Gasteiger partial charge < -0.3 is 19.3 Å². The Balaban J connectivity index is 1.86. The second kappa shape index (κ2) is 9.88. The van der Waals surface area contributed by atoms with E-state index in [0.717, 1.165) is 11.1 Å². The van der Waals surface area contributed by atoms with E-state index < -0.39 is 10.0 Å². The summed E-state index contributed by atoms with van der Waals surface area (Å²) in [6.45, 7) is 1.81. The molecule has 0 amide bonds. The highest BCUT2D eigenvalue weighted by Crippen LogP contribution is 2.45. The maximum absolute atomic E-state index is 11.7. The highest BCUT2D eigenvalue weighted by atomic mass is 35.5. The first kappa shape index (κ1) is 25.6. The van der Waals surface area contributed by atoms with Crippen molar-refractivity contribution in [2.45, 2.75) is 24.3 Å². The number of sulfonamides is 1. The number of ether oxygens (including phenoxy) is 3. The smallest absolute Gasteiger partial charge is 0.238 e. The fraction of sp³-hybridized carbons (Fsp3) is 0.240. The van der Waals surface area contributed by atoms with Crippen LogP contribution < -0.4 is 24.4 Å². The number of rotatable bonds is 7. The number of benzene rings is 3. The number of aryl methyl sites for hydroxylation is 1. The van der Waals surface area contributed by atoms with E-state index in [9.17, 15) is 13.5 Å². The highest BCUT2D eigenvalue weighted by Gasteiger charge is 2.33. The zero-order chi connectivity index (χ0) is 26.2. The Morgan fingerprint density at radius 2 is 1.64 bits per heavy atom. The van der Waals surface area contributed by atoms with Crippen molar-refractivity contribution < 1.29 is 27.7 Å². The first-order valence-corrected chi connectivity index (χ1v) is 12.8. The summed E-state index contributed by atoms with van der Waals surface area (Å²) in [7, 11) is 0.747. The molecule has 1 aliphatic rings. The molecule has 3 aromatic rings. The number of hydrazone groups is 1. The number of nitrogens with two attached hydrogens (primary N) is 1. The third kappa shape index (κ3) is 4.79. The van der Waals surface area contributed by atoms with E-state index in [1.165, 1.54) is 33.5 Å². The van der Waals surface area contributed by atoms with Gasteiger partial charge in [-0.1, -0.05) is 11.6 Å². The Labute approximate surface area is 214 Å². The first-order chi connectivity index (χ1) is 17.1. The Morgan fingerprint density at radius 1 is 1.03 bits per heavy atom. The monoisotopic (exact) mass is 531 g/mol. The van der Waals surface area contributed by atoms with Gasteiger partial charge in [0.05, 0.1) is 43.7 Å². The van der Waals surface area contributed by atoms with Crippen molar-refractivity contribution in [1.29, 1.82) is 0 Å². The quantitative estimate of drug-likeness (QED) is 0.463. The zero-order valence-electron chi connectivity index (χ0n) is 20.1. The maximum Gasteiger partial charge on any atom is 0.238 e. The lowest BCUT2D eigenvalue weighted by molar-refractivity contribution is 0.323. The van der Waals surface area contributed by atoms with Crippen molar-refractivity contribution in [2.24, 2.45) is 10.2 Å². The van der Waals surface area contributed by atoms with E-state index in [0.29, 0.717) is 45.7 Å². The molecular weight excluding hydrogens is 506 g/mol. The Bertz CT molecular complexity index is 1420. The van der Waals surface area contributed by atoms with Crippen LogP contribution in [0.4, 0.5) is 5.69 Å². The minimum Gasteiger partial charge on any atom is -0.507 e. The van der Waals surface area contributed by atoms with E-state index in [1.807, 2.05) is 12.1 Å². The van der Waals surface area contributed by atoms with Crippen molar-refractivity contribution in [2.75, 3.05) is 26.3 Å². The van der Waals surface area contributed by atoms with Gasteiger partial charge in [-0.2, -0.15) is 5.10 Å². The van der Waals surface area contributed by atoms with Crippen LogP contribution in [0.1, 0.15) is 29.2 Å². The number of hydrogen-bond acceptors (Lipinski definition) is 8. The van der Waals surface area contributed by atoms with Crippen molar-refractivity contribution in [3.63, 3.8) is 0 Å². The SMILES string of the molecule is COc1cc(C2CC(c3cc(Cl)c(C)cc3O)=NN2c2ccc(S(N)(=O)=O)cc2)cc(OC)c1OC. The molecule has 3 aromatic carbocycles. The molecule has 0 aliphatic carbocycles. The molecule has 1 aliphatic heterocycles. The number of phenolic OH excluding ortho intramolecular Hbond substituents is 1.